The van der Waals surface area contributed by atoms with Gasteiger partial charge in [0.1, 0.15) is 0 Å². The van der Waals surface area contributed by atoms with Crippen LogP contribution in [-0.2, 0) is 20.8 Å². The van der Waals surface area contributed by atoms with Crippen molar-refractivity contribution in [3.8, 4) is 0 Å². The molecule has 1 saturated heterocycles. The van der Waals surface area contributed by atoms with Gasteiger partial charge in [-0.1, -0.05) is 30.3 Å². The summed E-state index contributed by atoms with van der Waals surface area (Å²) >= 11 is 0. The number of aliphatic hydroxyl groups is 1. The first-order chi connectivity index (χ1) is 14.4. The summed E-state index contributed by atoms with van der Waals surface area (Å²) in [6, 6.07) is 9.59. The predicted octanol–water partition coefficient (Wildman–Crippen LogP) is 1.45. The Morgan fingerprint density at radius 1 is 1.23 bits per heavy atom. The van der Waals surface area contributed by atoms with Crippen molar-refractivity contribution in [3.05, 3.63) is 35.9 Å². The Morgan fingerprint density at radius 2 is 1.97 bits per heavy atom. The summed E-state index contributed by atoms with van der Waals surface area (Å²) in [5, 5.41) is 26.1. The summed E-state index contributed by atoms with van der Waals surface area (Å²) < 4.78 is 0. The van der Waals surface area contributed by atoms with E-state index < -0.39 is 23.3 Å². The van der Waals surface area contributed by atoms with Gasteiger partial charge in [0.05, 0.1) is 5.92 Å². The Kier molecular flexibility index (Phi) is 9.26. The summed E-state index contributed by atoms with van der Waals surface area (Å²) in [6.45, 7) is 2.38. The number of amides is 3. The zero-order chi connectivity index (χ0) is 22.0. The zero-order valence-corrected chi connectivity index (χ0v) is 17.5. The molecule has 8 nitrogen and oxygen atoms in total. The molecule has 166 valence electrons. The molecule has 2 rings (SSSR count). The van der Waals surface area contributed by atoms with Crippen LogP contribution < -0.4 is 16.1 Å². The molecule has 1 heterocycles. The van der Waals surface area contributed by atoms with Gasteiger partial charge in [-0.05, 0) is 57.4 Å². The molecule has 1 aliphatic heterocycles. The van der Waals surface area contributed by atoms with Gasteiger partial charge in [0.15, 0.2) is 5.60 Å². The van der Waals surface area contributed by atoms with Crippen LogP contribution in [0.15, 0.2) is 30.3 Å². The van der Waals surface area contributed by atoms with E-state index in [4.69, 9.17) is 0 Å². The molecule has 0 bridgehead atoms. The van der Waals surface area contributed by atoms with Crippen LogP contribution in [0, 0.1) is 5.92 Å². The van der Waals surface area contributed by atoms with Crippen molar-refractivity contribution in [1.82, 2.24) is 16.1 Å². The topological polar surface area (TPSA) is 128 Å². The first-order valence-corrected chi connectivity index (χ1v) is 10.6. The molecule has 3 atom stereocenters. The van der Waals surface area contributed by atoms with Gasteiger partial charge in [-0.2, -0.15) is 0 Å². The summed E-state index contributed by atoms with van der Waals surface area (Å²) in [5.74, 6) is -2.90. The van der Waals surface area contributed by atoms with Gasteiger partial charge in [0, 0.05) is 19.0 Å². The second-order valence-corrected chi connectivity index (χ2v) is 8.05. The van der Waals surface area contributed by atoms with Crippen LogP contribution in [0.4, 0.5) is 0 Å². The number of carbonyl (C=O) groups excluding carboxylic acids is 3. The van der Waals surface area contributed by atoms with E-state index in [1.165, 1.54) is 5.48 Å². The largest absolute Gasteiger partial charge is 0.379 e. The van der Waals surface area contributed by atoms with Crippen LogP contribution >= 0.6 is 0 Å². The molecule has 1 aromatic carbocycles. The van der Waals surface area contributed by atoms with Crippen molar-refractivity contribution in [2.45, 2.75) is 69.9 Å². The van der Waals surface area contributed by atoms with Crippen LogP contribution in [-0.4, -0.2) is 46.2 Å². The molecular formula is C22H33N3O5. The normalized spacial score (nSPS) is 26.4. The number of hydrogen-bond acceptors (Lipinski definition) is 5. The Labute approximate surface area is 177 Å². The lowest BCUT2D eigenvalue weighted by Crippen LogP contribution is -2.57. The van der Waals surface area contributed by atoms with Crippen LogP contribution in [0.2, 0.25) is 0 Å². The molecule has 5 N–H and O–H groups in total. The summed E-state index contributed by atoms with van der Waals surface area (Å²) in [7, 11) is 0. The van der Waals surface area contributed by atoms with E-state index in [-0.39, 0.29) is 31.2 Å². The Balaban J connectivity index is 2.24. The number of aryl methyl sites for hydroxylation is 1. The molecule has 0 saturated carbocycles. The SMILES string of the molecule is C[C@@H]1CCCCNC(=O)CCC(O)(C(=O)NO)[C@@H](CCCc2ccccc2)C(=O)N1. The number of hydrogen-bond donors (Lipinski definition) is 5. The van der Waals surface area contributed by atoms with E-state index in [1.54, 1.807) is 0 Å². The molecule has 8 heteroatoms. The van der Waals surface area contributed by atoms with E-state index in [0.29, 0.717) is 19.4 Å². The highest BCUT2D eigenvalue weighted by molar-refractivity contribution is 5.92. The van der Waals surface area contributed by atoms with Crippen molar-refractivity contribution in [2.75, 3.05) is 6.54 Å². The number of nitrogens with one attached hydrogen (secondary N) is 3. The van der Waals surface area contributed by atoms with Gasteiger partial charge in [-0.3, -0.25) is 19.6 Å². The van der Waals surface area contributed by atoms with Crippen LogP contribution in [0.25, 0.3) is 0 Å². The Hall–Kier alpha value is -2.45. The maximum atomic E-state index is 13.1. The minimum absolute atomic E-state index is 0.123. The average Bonchev–Trinajstić information content (AvgIpc) is 2.74. The molecule has 1 unspecified atom stereocenters. The lowest BCUT2D eigenvalue weighted by atomic mass is 9.78. The third-order valence-corrected chi connectivity index (χ3v) is 5.70. The van der Waals surface area contributed by atoms with Crippen molar-refractivity contribution in [3.63, 3.8) is 0 Å². The molecule has 30 heavy (non-hydrogen) atoms. The number of rotatable bonds is 5. The molecule has 1 fully saturated rings. The fourth-order valence-electron chi connectivity index (χ4n) is 3.90. The summed E-state index contributed by atoms with van der Waals surface area (Å²) in [4.78, 5) is 37.6. The molecular weight excluding hydrogens is 386 g/mol. The first kappa shape index (κ1) is 23.8. The minimum Gasteiger partial charge on any atom is -0.379 e. The third kappa shape index (κ3) is 6.81. The van der Waals surface area contributed by atoms with Gasteiger partial charge in [-0.15, -0.1) is 0 Å². The number of carbonyl (C=O) groups is 3. The quantitative estimate of drug-likeness (QED) is 0.365. The van der Waals surface area contributed by atoms with E-state index in [1.807, 2.05) is 37.3 Å². The Morgan fingerprint density at radius 3 is 2.67 bits per heavy atom. The molecule has 0 aromatic heterocycles. The summed E-state index contributed by atoms with van der Waals surface area (Å²) in [5.41, 5.74) is 0.378. The first-order valence-electron chi connectivity index (χ1n) is 10.6. The van der Waals surface area contributed by atoms with Crippen molar-refractivity contribution >= 4 is 17.7 Å². The zero-order valence-electron chi connectivity index (χ0n) is 17.5. The average molecular weight is 420 g/mol. The maximum absolute atomic E-state index is 13.1. The fraction of sp³-hybridized carbons (Fsp3) is 0.591. The minimum atomic E-state index is -2.19. The van der Waals surface area contributed by atoms with Crippen molar-refractivity contribution < 1.29 is 24.7 Å². The Bertz CT molecular complexity index is 712. The summed E-state index contributed by atoms with van der Waals surface area (Å²) in [6.07, 6.45) is 3.43. The highest BCUT2D eigenvalue weighted by atomic mass is 16.5. The predicted molar refractivity (Wildman–Crippen MR) is 111 cm³/mol. The van der Waals surface area contributed by atoms with Crippen LogP contribution in [0.1, 0.15) is 57.4 Å². The van der Waals surface area contributed by atoms with Gasteiger partial charge in [-0.25, -0.2) is 5.48 Å². The smallest absolute Gasteiger partial charge is 0.276 e. The van der Waals surface area contributed by atoms with E-state index in [0.717, 1.165) is 24.8 Å². The molecule has 0 aliphatic carbocycles. The molecule has 0 radical (unpaired) electrons. The lowest BCUT2D eigenvalue weighted by molar-refractivity contribution is -0.162. The van der Waals surface area contributed by atoms with Gasteiger partial charge < -0.3 is 15.7 Å². The standard InChI is InChI=1S/C22H33N3O5/c1-16-8-5-6-15-23-19(26)13-14-22(29,21(28)25-30)18(20(27)24-16)12-7-11-17-9-3-2-4-10-17/h2-4,9-10,16,18,29-30H,5-8,11-15H2,1H3,(H,23,26)(H,24,27)(H,25,28)/t16-,18+,22?/m1/s1. The molecule has 1 aromatic rings. The molecule has 1 aliphatic rings. The molecule has 0 spiro atoms. The second kappa shape index (κ2) is 11.7. The number of hydroxylamine groups is 1. The van der Waals surface area contributed by atoms with Crippen molar-refractivity contribution in [1.29, 1.82) is 0 Å². The maximum Gasteiger partial charge on any atom is 0.276 e. The lowest BCUT2D eigenvalue weighted by Gasteiger charge is -2.34. The highest BCUT2D eigenvalue weighted by Crippen LogP contribution is 2.29. The van der Waals surface area contributed by atoms with E-state index in [2.05, 4.69) is 10.6 Å². The van der Waals surface area contributed by atoms with E-state index >= 15 is 0 Å². The molecule has 3 amide bonds. The van der Waals surface area contributed by atoms with Crippen LogP contribution in [0.5, 0.6) is 0 Å². The highest BCUT2D eigenvalue weighted by Gasteiger charge is 2.47. The van der Waals surface area contributed by atoms with E-state index in [9.17, 15) is 24.7 Å². The third-order valence-electron chi connectivity index (χ3n) is 5.70. The van der Waals surface area contributed by atoms with Crippen LogP contribution in [0.3, 0.4) is 0 Å². The number of benzene rings is 1. The monoisotopic (exact) mass is 419 g/mol. The van der Waals surface area contributed by atoms with Crippen molar-refractivity contribution in [2.24, 2.45) is 5.92 Å². The van der Waals surface area contributed by atoms with Gasteiger partial charge >= 0.3 is 0 Å². The van der Waals surface area contributed by atoms with Gasteiger partial charge in [0.25, 0.3) is 5.91 Å². The van der Waals surface area contributed by atoms with Gasteiger partial charge in [0.2, 0.25) is 11.8 Å². The fourth-order valence-corrected chi connectivity index (χ4v) is 3.90. The second-order valence-electron chi connectivity index (χ2n) is 8.05.